The molecule has 2 N–H and O–H groups in total. The van der Waals surface area contributed by atoms with Gasteiger partial charge in [-0.15, -0.1) is 5.10 Å². The Morgan fingerprint density at radius 3 is 3.05 bits per heavy atom. The van der Waals surface area contributed by atoms with Crippen molar-refractivity contribution in [1.82, 2.24) is 15.4 Å². The molecule has 0 spiro atoms. The van der Waals surface area contributed by atoms with Crippen molar-refractivity contribution in [3.05, 3.63) is 35.3 Å². The van der Waals surface area contributed by atoms with E-state index < -0.39 is 5.97 Å². The maximum Gasteiger partial charge on any atom is 0.359 e. The fraction of sp³-hybridized carbons (Fsp3) is 0.267. The lowest BCUT2D eigenvalue weighted by molar-refractivity contribution is 0.0686. The van der Waals surface area contributed by atoms with Crippen LogP contribution in [0.4, 0.5) is 4.39 Å². The number of hydrogen-bond acceptors (Lipinski definition) is 4. The third kappa shape index (κ3) is 3.46. The maximum absolute atomic E-state index is 13.8. The molecule has 112 valence electrons. The number of carboxylic acid groups (broad SMARTS) is 1. The third-order valence-electron chi connectivity index (χ3n) is 3.19. The Morgan fingerprint density at radius 2 is 2.32 bits per heavy atom. The second-order valence-electron chi connectivity index (χ2n) is 4.99. The molecule has 1 saturated carbocycles. The Morgan fingerprint density at radius 1 is 1.50 bits per heavy atom. The van der Waals surface area contributed by atoms with Crippen LogP contribution in [-0.2, 0) is 0 Å². The van der Waals surface area contributed by atoms with E-state index in [9.17, 15) is 9.18 Å². The molecule has 1 aromatic carbocycles. The van der Waals surface area contributed by atoms with Crippen molar-refractivity contribution in [3.8, 4) is 11.8 Å². The lowest BCUT2D eigenvalue weighted by Crippen LogP contribution is -1.98. The first-order valence-electron chi connectivity index (χ1n) is 6.74. The number of rotatable bonds is 4. The largest absolute Gasteiger partial charge is 0.476 e. The van der Waals surface area contributed by atoms with Crippen molar-refractivity contribution < 1.29 is 14.3 Å². The Labute approximate surface area is 130 Å². The van der Waals surface area contributed by atoms with E-state index >= 15 is 0 Å². The molecule has 0 unspecified atom stereocenters. The minimum atomic E-state index is -1.16. The van der Waals surface area contributed by atoms with Gasteiger partial charge in [0.15, 0.2) is 0 Å². The zero-order chi connectivity index (χ0) is 15.5. The number of aromatic amines is 1. The second kappa shape index (κ2) is 6.20. The molecule has 0 radical (unpaired) electrons. The Hall–Kier alpha value is -2.33. The lowest BCUT2D eigenvalue weighted by atomic mass is 10.2. The van der Waals surface area contributed by atoms with E-state index in [1.807, 2.05) is 0 Å². The van der Waals surface area contributed by atoms with Gasteiger partial charge in [0, 0.05) is 11.3 Å². The van der Waals surface area contributed by atoms with E-state index in [-0.39, 0.29) is 11.5 Å². The van der Waals surface area contributed by atoms with Crippen LogP contribution in [0.5, 0.6) is 0 Å². The number of aromatic carboxylic acids is 1. The molecule has 0 bridgehead atoms. The summed E-state index contributed by atoms with van der Waals surface area (Å²) in [7, 11) is 0. The van der Waals surface area contributed by atoms with E-state index in [1.165, 1.54) is 18.9 Å². The van der Waals surface area contributed by atoms with Crippen LogP contribution in [0.25, 0.3) is 0 Å². The molecule has 1 aliphatic rings. The minimum Gasteiger partial charge on any atom is -0.476 e. The fourth-order valence-corrected chi connectivity index (χ4v) is 2.68. The number of aromatic nitrogens is 3. The standard InChI is InChI=1S/C15H12FN3O2S/c16-12-7-6-11(8-10(12)3-1-2-9-4-5-9)22-14-13(15(20)21)17-19-18-14/h6-9H,2,4-5H2,(H,20,21)(H,17,18,19). The van der Waals surface area contributed by atoms with Crippen LogP contribution in [0.3, 0.4) is 0 Å². The number of carboxylic acids is 1. The van der Waals surface area contributed by atoms with Crippen LogP contribution in [0.2, 0.25) is 0 Å². The monoisotopic (exact) mass is 317 g/mol. The third-order valence-corrected chi connectivity index (χ3v) is 4.17. The molecule has 2 aromatic rings. The molecule has 0 atom stereocenters. The van der Waals surface area contributed by atoms with Crippen molar-refractivity contribution in [3.63, 3.8) is 0 Å². The van der Waals surface area contributed by atoms with E-state index in [1.54, 1.807) is 12.1 Å². The molecule has 1 fully saturated rings. The molecule has 1 aromatic heterocycles. The van der Waals surface area contributed by atoms with E-state index in [0.29, 0.717) is 21.4 Å². The van der Waals surface area contributed by atoms with Gasteiger partial charge in [-0.2, -0.15) is 0 Å². The molecule has 5 nitrogen and oxygen atoms in total. The van der Waals surface area contributed by atoms with Gasteiger partial charge in [-0.3, -0.25) is 5.10 Å². The van der Waals surface area contributed by atoms with Gasteiger partial charge < -0.3 is 5.11 Å². The van der Waals surface area contributed by atoms with Crippen LogP contribution in [0, 0.1) is 23.6 Å². The summed E-state index contributed by atoms with van der Waals surface area (Å²) in [4.78, 5) is 11.7. The molecule has 0 aliphatic heterocycles. The zero-order valence-corrected chi connectivity index (χ0v) is 12.3. The number of halogens is 1. The molecule has 0 amide bonds. The summed E-state index contributed by atoms with van der Waals surface area (Å²) in [5.74, 6) is 4.96. The average Bonchev–Trinajstić information content (AvgIpc) is 3.19. The molecule has 1 heterocycles. The predicted molar refractivity (Wildman–Crippen MR) is 78.1 cm³/mol. The molecule has 1 aliphatic carbocycles. The van der Waals surface area contributed by atoms with Gasteiger partial charge in [0.05, 0.1) is 5.56 Å². The van der Waals surface area contributed by atoms with E-state index in [2.05, 4.69) is 27.3 Å². The Balaban J connectivity index is 1.79. The first-order chi connectivity index (χ1) is 10.6. The maximum atomic E-state index is 13.8. The van der Waals surface area contributed by atoms with Gasteiger partial charge in [0.25, 0.3) is 0 Å². The van der Waals surface area contributed by atoms with Gasteiger partial charge in [-0.05, 0) is 37.0 Å². The molecular formula is C15H12FN3O2S. The van der Waals surface area contributed by atoms with Crippen molar-refractivity contribution in [2.45, 2.75) is 29.2 Å². The number of H-pyrrole nitrogens is 1. The summed E-state index contributed by atoms with van der Waals surface area (Å²) >= 11 is 1.13. The summed E-state index contributed by atoms with van der Waals surface area (Å²) in [6.07, 6.45) is 3.21. The molecular weight excluding hydrogens is 305 g/mol. The van der Waals surface area contributed by atoms with Crippen LogP contribution in [0.15, 0.2) is 28.1 Å². The number of nitrogens with zero attached hydrogens (tertiary/aromatic N) is 2. The number of benzene rings is 1. The normalized spacial score (nSPS) is 13.5. The summed E-state index contributed by atoms with van der Waals surface area (Å²) in [5, 5.41) is 18.8. The van der Waals surface area contributed by atoms with Gasteiger partial charge in [0.2, 0.25) is 5.69 Å². The van der Waals surface area contributed by atoms with Crippen molar-refractivity contribution in [2.75, 3.05) is 0 Å². The SMILES string of the molecule is O=C(O)c1nn[nH]c1Sc1ccc(F)c(C#CCC2CC2)c1. The second-order valence-corrected chi connectivity index (χ2v) is 6.07. The van der Waals surface area contributed by atoms with Gasteiger partial charge in [-0.1, -0.05) is 28.8 Å². The van der Waals surface area contributed by atoms with Crippen LogP contribution in [-0.4, -0.2) is 26.5 Å². The molecule has 0 saturated heterocycles. The highest BCUT2D eigenvalue weighted by atomic mass is 32.2. The van der Waals surface area contributed by atoms with Crippen LogP contribution in [0.1, 0.15) is 35.3 Å². The Kier molecular flexibility index (Phi) is 4.11. The Bertz CT molecular complexity index is 775. The molecule has 7 heteroatoms. The zero-order valence-electron chi connectivity index (χ0n) is 11.5. The van der Waals surface area contributed by atoms with Gasteiger partial charge >= 0.3 is 5.97 Å². The highest BCUT2D eigenvalue weighted by molar-refractivity contribution is 7.99. The lowest BCUT2D eigenvalue weighted by Gasteiger charge is -2.01. The average molecular weight is 317 g/mol. The highest BCUT2D eigenvalue weighted by Gasteiger charge is 2.19. The topological polar surface area (TPSA) is 78.9 Å². The van der Waals surface area contributed by atoms with Crippen molar-refractivity contribution in [1.29, 1.82) is 0 Å². The summed E-state index contributed by atoms with van der Waals surface area (Å²) in [5.41, 5.74) is 0.158. The predicted octanol–water partition coefficient (Wildman–Crippen LogP) is 2.94. The summed E-state index contributed by atoms with van der Waals surface area (Å²) < 4.78 is 13.8. The first kappa shape index (κ1) is 14.6. The van der Waals surface area contributed by atoms with Gasteiger partial charge in [0.1, 0.15) is 10.8 Å². The fourth-order valence-electron chi connectivity index (χ4n) is 1.82. The van der Waals surface area contributed by atoms with Crippen LogP contribution >= 0.6 is 11.8 Å². The smallest absolute Gasteiger partial charge is 0.359 e. The van der Waals surface area contributed by atoms with Gasteiger partial charge in [-0.25, -0.2) is 9.18 Å². The first-order valence-corrected chi connectivity index (χ1v) is 7.56. The summed E-state index contributed by atoms with van der Waals surface area (Å²) in [6.45, 7) is 0. The minimum absolute atomic E-state index is 0.157. The summed E-state index contributed by atoms with van der Waals surface area (Å²) in [6, 6.07) is 4.50. The van der Waals surface area contributed by atoms with E-state index in [4.69, 9.17) is 5.11 Å². The number of carbonyl (C=O) groups is 1. The van der Waals surface area contributed by atoms with E-state index in [0.717, 1.165) is 18.2 Å². The number of nitrogens with one attached hydrogen (secondary N) is 1. The molecule has 3 rings (SSSR count). The quantitative estimate of drug-likeness (QED) is 0.848. The van der Waals surface area contributed by atoms with Crippen molar-refractivity contribution >= 4 is 17.7 Å². The highest BCUT2D eigenvalue weighted by Crippen LogP contribution is 2.32. The molecule has 22 heavy (non-hydrogen) atoms. The number of hydrogen-bond donors (Lipinski definition) is 2. The van der Waals surface area contributed by atoms with Crippen LogP contribution < -0.4 is 0 Å². The van der Waals surface area contributed by atoms with Crippen molar-refractivity contribution in [2.24, 2.45) is 5.92 Å².